The molecule has 0 bridgehead atoms. The maximum Gasteiger partial charge on any atom is 0.352 e. The van der Waals surface area contributed by atoms with Crippen LogP contribution in [0, 0.1) is 0 Å². The summed E-state index contributed by atoms with van der Waals surface area (Å²) in [6, 6.07) is 1.43. The molecule has 0 radical (unpaired) electrons. The summed E-state index contributed by atoms with van der Waals surface area (Å²) in [6.07, 6.45) is 2.41. The molecule has 0 saturated carbocycles. The topological polar surface area (TPSA) is 59.3 Å². The third-order valence-electron chi connectivity index (χ3n) is 2.96. The van der Waals surface area contributed by atoms with Gasteiger partial charge in [0.1, 0.15) is 5.69 Å². The van der Waals surface area contributed by atoms with E-state index < -0.39 is 5.97 Å². The van der Waals surface area contributed by atoms with Crippen LogP contribution in [0.1, 0.15) is 55.0 Å². The minimum atomic E-state index is -1.01. The van der Waals surface area contributed by atoms with Crippen molar-refractivity contribution in [1.82, 2.24) is 4.57 Å². The second kappa shape index (κ2) is 4.12. The van der Waals surface area contributed by atoms with Crippen molar-refractivity contribution in [2.45, 2.75) is 39.7 Å². The number of aromatic carboxylic acids is 1. The van der Waals surface area contributed by atoms with Gasteiger partial charge in [0.15, 0.2) is 5.78 Å². The number of hydrogen-bond acceptors (Lipinski definition) is 2. The third kappa shape index (κ3) is 2.15. The average Bonchev–Trinajstić information content (AvgIpc) is 2.62. The highest BCUT2D eigenvalue weighted by atomic mass is 16.4. The zero-order valence-corrected chi connectivity index (χ0v) is 10.1. The van der Waals surface area contributed by atoms with E-state index in [2.05, 4.69) is 0 Å². The standard InChI is InChI=1S/C12H17NO3/c1-5-12(3,4)13-7-9(8(2)14)6-10(13)11(15)16/h6-7H,5H2,1-4H3,(H,15,16). The van der Waals surface area contributed by atoms with Crippen LogP contribution in [0.2, 0.25) is 0 Å². The van der Waals surface area contributed by atoms with Gasteiger partial charge in [0.05, 0.1) is 0 Å². The number of carbonyl (C=O) groups excluding carboxylic acids is 1. The predicted molar refractivity (Wildman–Crippen MR) is 61.0 cm³/mol. The average molecular weight is 223 g/mol. The maximum atomic E-state index is 11.2. The van der Waals surface area contributed by atoms with E-state index in [1.54, 1.807) is 10.8 Å². The first-order valence-corrected chi connectivity index (χ1v) is 5.26. The number of ketones is 1. The maximum absolute atomic E-state index is 11.2. The van der Waals surface area contributed by atoms with Gasteiger partial charge in [-0.25, -0.2) is 4.79 Å². The minimum absolute atomic E-state index is 0.117. The second-order valence-electron chi connectivity index (χ2n) is 4.51. The molecule has 0 aromatic carbocycles. The number of Topliss-reactive ketones (excluding diaryl/α,β-unsaturated/α-hetero) is 1. The number of aromatic nitrogens is 1. The van der Waals surface area contributed by atoms with E-state index in [0.29, 0.717) is 5.56 Å². The SMILES string of the molecule is CCC(C)(C)n1cc(C(C)=O)cc1C(=O)O. The van der Waals surface area contributed by atoms with Crippen LogP contribution in [0.15, 0.2) is 12.3 Å². The second-order valence-corrected chi connectivity index (χ2v) is 4.51. The summed E-state index contributed by atoms with van der Waals surface area (Å²) in [4.78, 5) is 22.3. The van der Waals surface area contributed by atoms with Gasteiger partial charge in [-0.2, -0.15) is 0 Å². The molecule has 0 atom stereocenters. The Hall–Kier alpha value is -1.58. The Labute approximate surface area is 94.9 Å². The summed E-state index contributed by atoms with van der Waals surface area (Å²) < 4.78 is 1.66. The molecule has 0 unspecified atom stereocenters. The molecule has 1 N–H and O–H groups in total. The van der Waals surface area contributed by atoms with Crippen LogP contribution in [-0.4, -0.2) is 21.4 Å². The number of carboxylic acids is 1. The number of carbonyl (C=O) groups is 2. The van der Waals surface area contributed by atoms with E-state index in [1.807, 2.05) is 20.8 Å². The van der Waals surface area contributed by atoms with Crippen molar-refractivity contribution in [2.24, 2.45) is 0 Å². The molecule has 4 heteroatoms. The molecule has 0 aliphatic rings. The first kappa shape index (κ1) is 12.5. The van der Waals surface area contributed by atoms with Gasteiger partial charge >= 0.3 is 5.97 Å². The first-order valence-electron chi connectivity index (χ1n) is 5.26. The van der Waals surface area contributed by atoms with Crippen molar-refractivity contribution in [3.63, 3.8) is 0 Å². The lowest BCUT2D eigenvalue weighted by Crippen LogP contribution is -2.27. The number of carboxylic acid groups (broad SMARTS) is 1. The Morgan fingerprint density at radius 3 is 2.38 bits per heavy atom. The van der Waals surface area contributed by atoms with Gasteiger partial charge in [-0.1, -0.05) is 6.92 Å². The van der Waals surface area contributed by atoms with Gasteiger partial charge in [-0.05, 0) is 33.3 Å². The lowest BCUT2D eigenvalue weighted by molar-refractivity contribution is 0.0676. The fraction of sp³-hybridized carbons (Fsp3) is 0.500. The van der Waals surface area contributed by atoms with Gasteiger partial charge in [0, 0.05) is 17.3 Å². The monoisotopic (exact) mass is 223 g/mol. The van der Waals surface area contributed by atoms with Gasteiger partial charge in [0.2, 0.25) is 0 Å². The first-order chi connectivity index (χ1) is 7.29. The quantitative estimate of drug-likeness (QED) is 0.798. The third-order valence-corrected chi connectivity index (χ3v) is 2.96. The van der Waals surface area contributed by atoms with E-state index in [4.69, 9.17) is 5.11 Å². The minimum Gasteiger partial charge on any atom is -0.477 e. The van der Waals surface area contributed by atoms with Gasteiger partial charge in [-0.15, -0.1) is 0 Å². The Kier molecular flexibility index (Phi) is 3.21. The number of hydrogen-bond donors (Lipinski definition) is 1. The largest absolute Gasteiger partial charge is 0.477 e. The van der Waals surface area contributed by atoms with Gasteiger partial charge in [0.25, 0.3) is 0 Å². The Bertz CT molecular complexity index is 429. The molecule has 0 spiro atoms. The molecule has 1 aromatic rings. The highest BCUT2D eigenvalue weighted by molar-refractivity contribution is 5.97. The molecule has 1 rings (SSSR count). The van der Waals surface area contributed by atoms with Crippen molar-refractivity contribution in [2.75, 3.05) is 0 Å². The molecule has 0 amide bonds. The van der Waals surface area contributed by atoms with Crippen molar-refractivity contribution in [3.05, 3.63) is 23.5 Å². The summed E-state index contributed by atoms with van der Waals surface area (Å²) >= 11 is 0. The lowest BCUT2D eigenvalue weighted by Gasteiger charge is -2.26. The zero-order valence-electron chi connectivity index (χ0n) is 10.1. The fourth-order valence-electron chi connectivity index (χ4n) is 1.49. The smallest absolute Gasteiger partial charge is 0.352 e. The number of rotatable bonds is 4. The summed E-state index contributed by atoms with van der Waals surface area (Å²) in [6.45, 7) is 7.32. The van der Waals surface area contributed by atoms with E-state index >= 15 is 0 Å². The fourth-order valence-corrected chi connectivity index (χ4v) is 1.49. The van der Waals surface area contributed by atoms with Crippen LogP contribution in [0.5, 0.6) is 0 Å². The van der Waals surface area contributed by atoms with E-state index in [9.17, 15) is 9.59 Å². The number of nitrogens with zero attached hydrogens (tertiary/aromatic N) is 1. The van der Waals surface area contributed by atoms with Crippen LogP contribution in [0.25, 0.3) is 0 Å². The van der Waals surface area contributed by atoms with Crippen molar-refractivity contribution < 1.29 is 14.7 Å². The van der Waals surface area contributed by atoms with Crippen LogP contribution in [0.3, 0.4) is 0 Å². The van der Waals surface area contributed by atoms with E-state index in [-0.39, 0.29) is 17.0 Å². The molecule has 16 heavy (non-hydrogen) atoms. The van der Waals surface area contributed by atoms with Gasteiger partial charge < -0.3 is 9.67 Å². The molecule has 1 heterocycles. The Morgan fingerprint density at radius 1 is 1.44 bits per heavy atom. The molecule has 0 saturated heterocycles. The highest BCUT2D eigenvalue weighted by Crippen LogP contribution is 2.24. The van der Waals surface area contributed by atoms with Crippen LogP contribution in [-0.2, 0) is 5.54 Å². The van der Waals surface area contributed by atoms with Crippen LogP contribution in [0.4, 0.5) is 0 Å². The molecule has 1 aromatic heterocycles. The lowest BCUT2D eigenvalue weighted by atomic mass is 10.0. The van der Waals surface area contributed by atoms with Crippen molar-refractivity contribution >= 4 is 11.8 Å². The van der Waals surface area contributed by atoms with Crippen molar-refractivity contribution in [1.29, 1.82) is 0 Å². The van der Waals surface area contributed by atoms with E-state index in [0.717, 1.165) is 6.42 Å². The van der Waals surface area contributed by atoms with Crippen LogP contribution >= 0.6 is 0 Å². The van der Waals surface area contributed by atoms with Crippen LogP contribution < -0.4 is 0 Å². The molecule has 0 aliphatic heterocycles. The predicted octanol–water partition coefficient (Wildman–Crippen LogP) is 2.53. The molecule has 88 valence electrons. The molecule has 0 fully saturated rings. The molecular formula is C12H17NO3. The zero-order chi connectivity index (χ0) is 12.5. The summed E-state index contributed by atoms with van der Waals surface area (Å²) in [5, 5.41) is 9.09. The summed E-state index contributed by atoms with van der Waals surface area (Å²) in [5.74, 6) is -1.12. The molecular weight excluding hydrogens is 206 g/mol. The summed E-state index contributed by atoms with van der Waals surface area (Å²) in [5.41, 5.74) is 0.303. The Morgan fingerprint density at radius 2 is 2.00 bits per heavy atom. The molecule has 4 nitrogen and oxygen atoms in total. The van der Waals surface area contributed by atoms with E-state index in [1.165, 1.54) is 13.0 Å². The summed E-state index contributed by atoms with van der Waals surface area (Å²) in [7, 11) is 0. The highest BCUT2D eigenvalue weighted by Gasteiger charge is 2.24. The molecule has 0 aliphatic carbocycles. The van der Waals surface area contributed by atoms with Crippen molar-refractivity contribution in [3.8, 4) is 0 Å². The van der Waals surface area contributed by atoms with Gasteiger partial charge in [-0.3, -0.25) is 4.79 Å². The Balaban J connectivity index is 3.37. The normalized spacial score (nSPS) is 11.5.